The van der Waals surface area contributed by atoms with E-state index in [4.69, 9.17) is 4.74 Å². The van der Waals surface area contributed by atoms with Gasteiger partial charge in [-0.2, -0.15) is 13.2 Å². The topological polar surface area (TPSA) is 40.1 Å². The molecule has 0 aromatic heterocycles. The van der Waals surface area contributed by atoms with Crippen molar-refractivity contribution in [3.05, 3.63) is 0 Å². The molecule has 0 aromatic rings. The summed E-state index contributed by atoms with van der Waals surface area (Å²) >= 11 is 0. The monoisotopic (exact) mass is 466 g/mol. The predicted octanol–water partition coefficient (Wildman–Crippen LogP) is 2.56. The minimum absolute atomic E-state index is 0. The van der Waals surface area contributed by atoms with Crippen LogP contribution in [0.3, 0.4) is 0 Å². The van der Waals surface area contributed by atoms with Crippen molar-refractivity contribution < 1.29 is 17.9 Å². The third-order valence-electron chi connectivity index (χ3n) is 3.88. The molecule has 1 saturated heterocycles. The first kappa shape index (κ1) is 23.7. The van der Waals surface area contributed by atoms with Gasteiger partial charge < -0.3 is 15.0 Å². The van der Waals surface area contributed by atoms with E-state index in [1.807, 2.05) is 18.7 Å². The van der Waals surface area contributed by atoms with Crippen molar-refractivity contribution >= 4 is 29.9 Å². The Morgan fingerprint density at radius 1 is 1.21 bits per heavy atom. The number of piperazine rings is 1. The van der Waals surface area contributed by atoms with Crippen molar-refractivity contribution in [2.45, 2.75) is 39.4 Å². The predicted molar refractivity (Wildman–Crippen MR) is 101 cm³/mol. The van der Waals surface area contributed by atoms with Crippen LogP contribution in [0, 0.1) is 0 Å². The maximum absolute atomic E-state index is 12.8. The molecule has 0 aromatic carbocycles. The SMILES string of the molecule is CCNC(=NCCCOCC)N1CCN(C(C)C(F)(F)F)CC1.I. The first-order chi connectivity index (χ1) is 10.9. The Bertz CT molecular complexity index is 361. The van der Waals surface area contributed by atoms with E-state index in [9.17, 15) is 13.2 Å². The molecule has 1 heterocycles. The zero-order valence-corrected chi connectivity index (χ0v) is 17.1. The van der Waals surface area contributed by atoms with E-state index in [-0.39, 0.29) is 24.0 Å². The number of guanidine groups is 1. The highest BCUT2D eigenvalue weighted by Gasteiger charge is 2.41. The maximum Gasteiger partial charge on any atom is 0.403 e. The fourth-order valence-corrected chi connectivity index (χ4v) is 2.45. The molecule has 1 N–H and O–H groups in total. The minimum atomic E-state index is -4.17. The second kappa shape index (κ2) is 12.1. The highest BCUT2D eigenvalue weighted by atomic mass is 127. The Morgan fingerprint density at radius 2 is 1.83 bits per heavy atom. The van der Waals surface area contributed by atoms with Crippen LogP contribution in [0.15, 0.2) is 4.99 Å². The molecular weight excluding hydrogens is 436 g/mol. The van der Waals surface area contributed by atoms with Gasteiger partial charge in [-0.25, -0.2) is 0 Å². The number of rotatable bonds is 7. The van der Waals surface area contributed by atoms with Gasteiger partial charge in [0.1, 0.15) is 6.04 Å². The first-order valence-corrected chi connectivity index (χ1v) is 8.31. The quantitative estimate of drug-likeness (QED) is 0.271. The molecule has 0 radical (unpaired) electrons. The van der Waals surface area contributed by atoms with Crippen LogP contribution in [0.2, 0.25) is 0 Å². The van der Waals surface area contributed by atoms with Crippen molar-refractivity contribution in [2.75, 3.05) is 52.5 Å². The molecule has 0 aliphatic carbocycles. The van der Waals surface area contributed by atoms with E-state index in [1.165, 1.54) is 11.8 Å². The van der Waals surface area contributed by atoms with Crippen molar-refractivity contribution in [1.29, 1.82) is 0 Å². The molecule has 0 amide bonds. The molecule has 1 unspecified atom stereocenters. The third kappa shape index (κ3) is 8.19. The maximum atomic E-state index is 12.8. The second-order valence-corrected chi connectivity index (χ2v) is 5.53. The number of ether oxygens (including phenoxy) is 1. The van der Waals surface area contributed by atoms with Gasteiger partial charge in [0.25, 0.3) is 0 Å². The van der Waals surface area contributed by atoms with Crippen LogP contribution in [0.1, 0.15) is 27.2 Å². The van der Waals surface area contributed by atoms with Gasteiger partial charge in [-0.15, -0.1) is 24.0 Å². The molecule has 144 valence electrons. The fourth-order valence-electron chi connectivity index (χ4n) is 2.45. The van der Waals surface area contributed by atoms with Gasteiger partial charge in [0.05, 0.1) is 0 Å². The standard InChI is InChI=1S/C15H29F3N4O.HI/c1-4-19-14(20-7-6-12-23-5-2)22-10-8-21(9-11-22)13(3)15(16,17)18;/h13H,4-12H2,1-3H3,(H,19,20);1H. The summed E-state index contributed by atoms with van der Waals surface area (Å²) in [6, 6.07) is -1.39. The van der Waals surface area contributed by atoms with Crippen molar-refractivity contribution in [3.63, 3.8) is 0 Å². The van der Waals surface area contributed by atoms with Gasteiger partial charge >= 0.3 is 6.18 Å². The summed E-state index contributed by atoms with van der Waals surface area (Å²) in [5, 5.41) is 3.21. The molecule has 24 heavy (non-hydrogen) atoms. The van der Waals surface area contributed by atoms with Gasteiger partial charge in [-0.3, -0.25) is 9.89 Å². The Labute approximate surface area is 160 Å². The van der Waals surface area contributed by atoms with Crippen LogP contribution in [-0.4, -0.2) is 80.5 Å². The highest BCUT2D eigenvalue weighted by molar-refractivity contribution is 14.0. The van der Waals surface area contributed by atoms with Crippen molar-refractivity contribution in [1.82, 2.24) is 15.1 Å². The molecule has 1 rings (SSSR count). The lowest BCUT2D eigenvalue weighted by atomic mass is 10.2. The molecule has 9 heteroatoms. The summed E-state index contributed by atoms with van der Waals surface area (Å²) in [6.07, 6.45) is -3.33. The minimum Gasteiger partial charge on any atom is -0.382 e. The normalized spacial score (nSPS) is 18.2. The van der Waals surface area contributed by atoms with Crippen LogP contribution in [0.5, 0.6) is 0 Å². The van der Waals surface area contributed by atoms with Gasteiger partial charge in [0.15, 0.2) is 5.96 Å². The lowest BCUT2D eigenvalue weighted by Gasteiger charge is -2.39. The number of nitrogens with one attached hydrogen (secondary N) is 1. The average Bonchev–Trinajstić information content (AvgIpc) is 2.52. The average molecular weight is 466 g/mol. The molecule has 1 aliphatic rings. The summed E-state index contributed by atoms with van der Waals surface area (Å²) in [7, 11) is 0. The van der Waals surface area contributed by atoms with Crippen LogP contribution in [-0.2, 0) is 4.74 Å². The number of hydrogen-bond acceptors (Lipinski definition) is 3. The molecule has 1 fully saturated rings. The van der Waals surface area contributed by atoms with E-state index in [1.54, 1.807) is 0 Å². The lowest BCUT2D eigenvalue weighted by molar-refractivity contribution is -0.181. The molecular formula is C15H30F3IN4O. The number of halogens is 4. The van der Waals surface area contributed by atoms with Gasteiger partial charge in [0, 0.05) is 52.5 Å². The third-order valence-corrected chi connectivity index (χ3v) is 3.88. The van der Waals surface area contributed by atoms with Crippen LogP contribution < -0.4 is 5.32 Å². The summed E-state index contributed by atoms with van der Waals surface area (Å²) in [4.78, 5) is 8.05. The largest absolute Gasteiger partial charge is 0.403 e. The van der Waals surface area contributed by atoms with Crippen LogP contribution >= 0.6 is 24.0 Å². The molecule has 0 bridgehead atoms. The Kier molecular flexibility index (Phi) is 12.0. The van der Waals surface area contributed by atoms with Crippen LogP contribution in [0.25, 0.3) is 0 Å². The summed E-state index contributed by atoms with van der Waals surface area (Å²) < 4.78 is 43.6. The summed E-state index contributed by atoms with van der Waals surface area (Å²) in [5.41, 5.74) is 0. The molecule has 1 atom stereocenters. The zero-order chi connectivity index (χ0) is 17.3. The van der Waals surface area contributed by atoms with E-state index in [2.05, 4.69) is 10.3 Å². The smallest absolute Gasteiger partial charge is 0.382 e. The summed E-state index contributed by atoms with van der Waals surface area (Å²) in [5.74, 6) is 0.781. The number of hydrogen-bond donors (Lipinski definition) is 1. The number of alkyl halides is 3. The Hall–Kier alpha value is -0.290. The number of aliphatic imine (C=N–C) groups is 1. The van der Waals surface area contributed by atoms with Crippen molar-refractivity contribution in [3.8, 4) is 0 Å². The van der Waals surface area contributed by atoms with E-state index >= 15 is 0 Å². The van der Waals surface area contributed by atoms with Gasteiger partial charge in [-0.05, 0) is 27.2 Å². The first-order valence-electron chi connectivity index (χ1n) is 8.31. The van der Waals surface area contributed by atoms with E-state index < -0.39 is 12.2 Å². The lowest BCUT2D eigenvalue weighted by Crippen LogP contribution is -2.56. The van der Waals surface area contributed by atoms with Crippen molar-refractivity contribution in [2.24, 2.45) is 4.99 Å². The number of nitrogens with zero attached hydrogens (tertiary/aromatic N) is 3. The van der Waals surface area contributed by atoms with Crippen LogP contribution in [0.4, 0.5) is 13.2 Å². The fraction of sp³-hybridized carbons (Fsp3) is 0.933. The van der Waals surface area contributed by atoms with E-state index in [0.717, 1.165) is 18.9 Å². The molecule has 5 nitrogen and oxygen atoms in total. The molecule has 1 aliphatic heterocycles. The van der Waals surface area contributed by atoms with E-state index in [0.29, 0.717) is 45.9 Å². The zero-order valence-electron chi connectivity index (χ0n) is 14.7. The van der Waals surface area contributed by atoms with Gasteiger partial charge in [0.2, 0.25) is 0 Å². The Morgan fingerprint density at radius 3 is 2.33 bits per heavy atom. The molecule has 0 spiro atoms. The molecule has 0 saturated carbocycles. The van der Waals surface area contributed by atoms with Gasteiger partial charge in [-0.1, -0.05) is 0 Å². The summed E-state index contributed by atoms with van der Waals surface area (Å²) in [6.45, 7) is 9.82. The highest BCUT2D eigenvalue weighted by Crippen LogP contribution is 2.25. The Balaban J connectivity index is 0.00000529. The second-order valence-electron chi connectivity index (χ2n) is 5.53.